The number of H-pyrrole nitrogens is 2. The van der Waals surface area contributed by atoms with Crippen LogP contribution in [0.2, 0.25) is 0 Å². The lowest BCUT2D eigenvalue weighted by Crippen LogP contribution is -2.22. The van der Waals surface area contributed by atoms with Gasteiger partial charge in [0.25, 0.3) is 5.56 Å². The first-order chi connectivity index (χ1) is 11.9. The normalized spacial score (nSPS) is 13.8. The zero-order valence-electron chi connectivity index (χ0n) is 13.0. The van der Waals surface area contributed by atoms with Gasteiger partial charge in [0.2, 0.25) is 0 Å². The molecule has 1 aliphatic carbocycles. The van der Waals surface area contributed by atoms with Crippen molar-refractivity contribution in [2.75, 3.05) is 0 Å². The summed E-state index contributed by atoms with van der Waals surface area (Å²) in [5, 5.41) is 0.0678. The smallest absolute Gasteiger partial charge is 0.339 e. The van der Waals surface area contributed by atoms with Crippen molar-refractivity contribution in [1.29, 1.82) is 0 Å². The molecule has 3 aromatic rings. The van der Waals surface area contributed by atoms with E-state index in [0.717, 1.165) is 24.8 Å². The molecular formula is C17H14N2O5S. The summed E-state index contributed by atoms with van der Waals surface area (Å²) in [6.45, 7) is 0. The first-order valence-corrected chi connectivity index (χ1v) is 9.16. The fourth-order valence-corrected chi connectivity index (χ4v) is 4.02. The largest absolute Gasteiger partial charge is 0.379 e. The molecule has 0 saturated heterocycles. The summed E-state index contributed by atoms with van der Waals surface area (Å²) in [4.78, 5) is 27.5. The molecular weight excluding hydrogens is 344 g/mol. The van der Waals surface area contributed by atoms with Crippen molar-refractivity contribution >= 4 is 21.0 Å². The van der Waals surface area contributed by atoms with Crippen LogP contribution in [0, 0.1) is 0 Å². The van der Waals surface area contributed by atoms with Crippen LogP contribution in [0.4, 0.5) is 0 Å². The molecule has 4 rings (SSSR count). The van der Waals surface area contributed by atoms with Crippen molar-refractivity contribution in [3.8, 4) is 5.75 Å². The molecule has 7 nitrogen and oxygen atoms in total. The molecule has 25 heavy (non-hydrogen) atoms. The van der Waals surface area contributed by atoms with Crippen LogP contribution >= 0.6 is 0 Å². The molecule has 0 amide bonds. The molecule has 0 fully saturated rings. The summed E-state index contributed by atoms with van der Waals surface area (Å²) >= 11 is 0. The molecule has 0 unspecified atom stereocenters. The fourth-order valence-electron chi connectivity index (χ4n) is 3.07. The van der Waals surface area contributed by atoms with Gasteiger partial charge in [-0.15, -0.1) is 0 Å². The monoisotopic (exact) mass is 358 g/mol. The minimum absolute atomic E-state index is 0.0678. The number of aromatic amines is 2. The molecule has 0 bridgehead atoms. The highest BCUT2D eigenvalue weighted by molar-refractivity contribution is 7.87. The number of benzene rings is 2. The van der Waals surface area contributed by atoms with Gasteiger partial charge in [0, 0.05) is 0 Å². The summed E-state index contributed by atoms with van der Waals surface area (Å²) < 4.78 is 30.2. The maximum Gasteiger partial charge on any atom is 0.339 e. The maximum atomic E-state index is 12.5. The average molecular weight is 358 g/mol. The quantitative estimate of drug-likeness (QED) is 0.689. The van der Waals surface area contributed by atoms with E-state index in [-0.39, 0.29) is 21.5 Å². The van der Waals surface area contributed by atoms with E-state index in [2.05, 4.69) is 9.97 Å². The molecule has 1 heterocycles. The van der Waals surface area contributed by atoms with Gasteiger partial charge in [0.15, 0.2) is 0 Å². The number of hydrogen-bond donors (Lipinski definition) is 2. The zero-order chi connectivity index (χ0) is 17.6. The van der Waals surface area contributed by atoms with Crippen LogP contribution < -0.4 is 15.4 Å². The highest BCUT2D eigenvalue weighted by Crippen LogP contribution is 2.28. The van der Waals surface area contributed by atoms with E-state index >= 15 is 0 Å². The van der Waals surface area contributed by atoms with Crippen LogP contribution in [0.25, 0.3) is 10.9 Å². The lowest BCUT2D eigenvalue weighted by atomic mass is 10.1. The van der Waals surface area contributed by atoms with Crippen LogP contribution in [0.1, 0.15) is 17.5 Å². The van der Waals surface area contributed by atoms with Crippen molar-refractivity contribution in [2.45, 2.75) is 24.2 Å². The molecule has 8 heteroatoms. The second-order valence-electron chi connectivity index (χ2n) is 5.94. The van der Waals surface area contributed by atoms with Crippen LogP contribution in [0.3, 0.4) is 0 Å². The average Bonchev–Trinajstić information content (AvgIpc) is 3.01. The zero-order valence-corrected chi connectivity index (χ0v) is 13.9. The van der Waals surface area contributed by atoms with E-state index in [0.29, 0.717) is 0 Å². The Morgan fingerprint density at radius 2 is 1.72 bits per heavy atom. The van der Waals surface area contributed by atoms with Crippen molar-refractivity contribution in [2.24, 2.45) is 0 Å². The van der Waals surface area contributed by atoms with Gasteiger partial charge in [0.1, 0.15) is 10.6 Å². The standard InChI is InChI=1S/C17H14N2O5S/c20-16-14-9-13(6-7-15(14)18-17(21)19-16)25(22,23)24-12-5-4-10-2-1-3-11(10)8-12/h4-9H,1-3H2,(H2,18,19,20,21). The van der Waals surface area contributed by atoms with Gasteiger partial charge in [-0.2, -0.15) is 8.42 Å². The van der Waals surface area contributed by atoms with E-state index in [4.69, 9.17) is 4.18 Å². The van der Waals surface area contributed by atoms with Crippen molar-refractivity contribution in [3.05, 3.63) is 68.4 Å². The second-order valence-corrected chi connectivity index (χ2v) is 7.48. The molecule has 1 aromatic heterocycles. The summed E-state index contributed by atoms with van der Waals surface area (Å²) in [5.41, 5.74) is 1.26. The van der Waals surface area contributed by atoms with Crippen LogP contribution in [0.15, 0.2) is 50.9 Å². The molecule has 0 spiro atoms. The van der Waals surface area contributed by atoms with Crippen molar-refractivity contribution < 1.29 is 12.6 Å². The van der Waals surface area contributed by atoms with Crippen LogP contribution in [0.5, 0.6) is 5.75 Å². The minimum Gasteiger partial charge on any atom is -0.379 e. The molecule has 2 aromatic carbocycles. The topological polar surface area (TPSA) is 109 Å². The highest BCUT2D eigenvalue weighted by atomic mass is 32.2. The van der Waals surface area contributed by atoms with E-state index in [1.54, 1.807) is 12.1 Å². The molecule has 0 atom stereocenters. The Bertz CT molecular complexity index is 1210. The van der Waals surface area contributed by atoms with E-state index in [9.17, 15) is 18.0 Å². The number of aromatic nitrogens is 2. The molecule has 128 valence electrons. The van der Waals surface area contributed by atoms with Gasteiger partial charge in [-0.25, -0.2) is 4.79 Å². The number of fused-ring (bicyclic) bond motifs is 2. The summed E-state index contributed by atoms with van der Waals surface area (Å²) in [7, 11) is -4.09. The summed E-state index contributed by atoms with van der Waals surface area (Å²) in [6.07, 6.45) is 2.95. The highest BCUT2D eigenvalue weighted by Gasteiger charge is 2.20. The Hall–Kier alpha value is -2.87. The lowest BCUT2D eigenvalue weighted by Gasteiger charge is -2.09. The Balaban J connectivity index is 1.74. The SMILES string of the molecule is O=c1[nH]c(=O)c2cc(S(=O)(=O)Oc3ccc4c(c3)CCC4)ccc2[nH]1. The third kappa shape index (κ3) is 2.85. The third-order valence-corrected chi connectivity index (χ3v) is 5.52. The number of hydrogen-bond acceptors (Lipinski definition) is 5. The van der Waals surface area contributed by atoms with Gasteiger partial charge in [-0.1, -0.05) is 6.07 Å². The van der Waals surface area contributed by atoms with Crippen LogP contribution in [-0.4, -0.2) is 18.4 Å². The maximum absolute atomic E-state index is 12.5. The van der Waals surface area contributed by atoms with E-state index < -0.39 is 21.4 Å². The number of rotatable bonds is 3. The Morgan fingerprint density at radius 3 is 2.56 bits per heavy atom. The predicted molar refractivity (Wildman–Crippen MR) is 91.5 cm³/mol. The Kier molecular flexibility index (Phi) is 3.50. The van der Waals surface area contributed by atoms with E-state index in [1.165, 1.54) is 23.8 Å². The van der Waals surface area contributed by atoms with Gasteiger partial charge < -0.3 is 9.17 Å². The number of nitrogens with one attached hydrogen (secondary N) is 2. The van der Waals surface area contributed by atoms with Gasteiger partial charge in [-0.05, 0) is 60.7 Å². The molecule has 1 aliphatic rings. The summed E-state index contributed by atoms with van der Waals surface area (Å²) in [6, 6.07) is 9.10. The third-order valence-electron chi connectivity index (χ3n) is 4.28. The van der Waals surface area contributed by atoms with Crippen molar-refractivity contribution in [1.82, 2.24) is 9.97 Å². The first-order valence-electron chi connectivity index (χ1n) is 7.75. The lowest BCUT2D eigenvalue weighted by molar-refractivity contribution is 0.486. The minimum atomic E-state index is -4.09. The van der Waals surface area contributed by atoms with Gasteiger partial charge >= 0.3 is 15.8 Å². The fraction of sp³-hybridized carbons (Fsp3) is 0.176. The molecule has 2 N–H and O–H groups in total. The van der Waals surface area contributed by atoms with E-state index in [1.807, 2.05) is 6.07 Å². The predicted octanol–water partition coefficient (Wildman–Crippen LogP) is 1.47. The first kappa shape index (κ1) is 15.6. The molecule has 0 saturated carbocycles. The molecule has 0 radical (unpaired) electrons. The second kappa shape index (κ2) is 5.59. The number of aryl methyl sites for hydroxylation is 2. The Labute approximate surface area is 142 Å². The summed E-state index contributed by atoms with van der Waals surface area (Å²) in [5.74, 6) is 0.246. The van der Waals surface area contributed by atoms with Gasteiger partial charge in [-0.3, -0.25) is 9.78 Å². The Morgan fingerprint density at radius 1 is 0.920 bits per heavy atom. The molecule has 0 aliphatic heterocycles. The van der Waals surface area contributed by atoms with Crippen LogP contribution in [-0.2, 0) is 23.0 Å². The van der Waals surface area contributed by atoms with Gasteiger partial charge in [0.05, 0.1) is 10.9 Å². The van der Waals surface area contributed by atoms with Crippen molar-refractivity contribution in [3.63, 3.8) is 0 Å².